The van der Waals surface area contributed by atoms with Crippen LogP contribution in [0.2, 0.25) is 0 Å². The van der Waals surface area contributed by atoms with Crippen LogP contribution < -0.4 is 5.32 Å². The molecule has 1 aromatic carbocycles. The lowest BCUT2D eigenvalue weighted by atomic mass is 10.1. The number of carbonyl (C=O) groups is 1. The Morgan fingerprint density at radius 2 is 2.33 bits per heavy atom. The Morgan fingerprint density at radius 1 is 1.56 bits per heavy atom. The Bertz CT molecular complexity index is 414. The topological polar surface area (TPSA) is 32.3 Å². The number of nitrogens with one attached hydrogen (secondary N) is 1. The highest BCUT2D eigenvalue weighted by Gasteiger charge is 2.26. The molecular formula is C13H18BrClN2O. The molecule has 18 heavy (non-hydrogen) atoms. The molecule has 2 rings (SSSR count). The zero-order valence-corrected chi connectivity index (χ0v) is 12.8. The molecule has 1 saturated heterocycles. The molecule has 0 spiro atoms. The zero-order chi connectivity index (χ0) is 12.3. The summed E-state index contributed by atoms with van der Waals surface area (Å²) in [6.45, 7) is 2.73. The van der Waals surface area contributed by atoms with Gasteiger partial charge in [-0.3, -0.25) is 4.79 Å². The molecule has 100 valence electrons. The third kappa shape index (κ3) is 3.70. The number of likely N-dealkylation sites (tertiary alicyclic amines) is 1. The number of amides is 1. The van der Waals surface area contributed by atoms with Gasteiger partial charge in [0.25, 0.3) is 5.91 Å². The lowest BCUT2D eigenvalue weighted by Crippen LogP contribution is -2.30. The zero-order valence-electron chi connectivity index (χ0n) is 10.4. The molecule has 5 heteroatoms. The van der Waals surface area contributed by atoms with Gasteiger partial charge in [-0.1, -0.05) is 22.0 Å². The first-order valence-corrected chi connectivity index (χ1v) is 6.69. The summed E-state index contributed by atoms with van der Waals surface area (Å²) in [5.41, 5.74) is 0.768. The lowest BCUT2D eigenvalue weighted by Gasteiger charge is -2.16. The number of carbonyl (C=O) groups excluding carboxylic acids is 1. The fourth-order valence-corrected chi connectivity index (χ4v) is 2.68. The standard InChI is InChI=1S/C13H17BrN2O.ClH/c1-15-8-10-5-6-16(9-10)13(17)11-3-2-4-12(14)7-11;/h2-4,7,10,15H,5-6,8-9H2,1H3;1H. The molecule has 0 saturated carbocycles. The summed E-state index contributed by atoms with van der Waals surface area (Å²) >= 11 is 3.40. The SMILES string of the molecule is CNCC1CCN(C(=O)c2cccc(Br)c2)C1.Cl. The molecule has 1 fully saturated rings. The van der Waals surface area contributed by atoms with Crippen molar-refractivity contribution in [3.05, 3.63) is 34.3 Å². The van der Waals surface area contributed by atoms with Gasteiger partial charge in [-0.2, -0.15) is 0 Å². The molecule has 0 bridgehead atoms. The van der Waals surface area contributed by atoms with Crippen LogP contribution in [0.4, 0.5) is 0 Å². The third-order valence-corrected chi connectivity index (χ3v) is 3.63. The average Bonchev–Trinajstić information content (AvgIpc) is 2.77. The maximum Gasteiger partial charge on any atom is 0.253 e. The fourth-order valence-electron chi connectivity index (χ4n) is 2.28. The number of benzene rings is 1. The number of hydrogen-bond acceptors (Lipinski definition) is 2. The molecule has 1 amide bonds. The van der Waals surface area contributed by atoms with Crippen molar-refractivity contribution in [1.82, 2.24) is 10.2 Å². The Kier molecular flexibility index (Phi) is 6.12. The van der Waals surface area contributed by atoms with Gasteiger partial charge < -0.3 is 10.2 Å². The van der Waals surface area contributed by atoms with Crippen LogP contribution in [0.1, 0.15) is 16.8 Å². The summed E-state index contributed by atoms with van der Waals surface area (Å²) in [6, 6.07) is 7.59. The first-order valence-electron chi connectivity index (χ1n) is 5.90. The minimum absolute atomic E-state index is 0. The predicted molar refractivity (Wildman–Crippen MR) is 79.3 cm³/mol. The minimum atomic E-state index is 0. The van der Waals surface area contributed by atoms with E-state index >= 15 is 0 Å². The second kappa shape index (κ2) is 7.12. The molecule has 3 nitrogen and oxygen atoms in total. The van der Waals surface area contributed by atoms with E-state index in [0.717, 1.165) is 36.1 Å². The van der Waals surface area contributed by atoms with E-state index < -0.39 is 0 Å². The molecule has 1 atom stereocenters. The monoisotopic (exact) mass is 332 g/mol. The summed E-state index contributed by atoms with van der Waals surface area (Å²) in [5, 5.41) is 3.17. The number of halogens is 2. The summed E-state index contributed by atoms with van der Waals surface area (Å²) in [4.78, 5) is 14.2. The van der Waals surface area contributed by atoms with E-state index in [4.69, 9.17) is 0 Å². The van der Waals surface area contributed by atoms with Crippen molar-refractivity contribution in [2.24, 2.45) is 5.92 Å². The average molecular weight is 334 g/mol. The van der Waals surface area contributed by atoms with Crippen LogP contribution in [0.5, 0.6) is 0 Å². The van der Waals surface area contributed by atoms with Crippen LogP contribution in [-0.4, -0.2) is 37.5 Å². The predicted octanol–water partition coefficient (Wildman–Crippen LogP) is 2.55. The van der Waals surface area contributed by atoms with Crippen LogP contribution in [0, 0.1) is 5.92 Å². The van der Waals surface area contributed by atoms with Crippen molar-refractivity contribution in [2.75, 3.05) is 26.7 Å². The van der Waals surface area contributed by atoms with E-state index in [1.54, 1.807) is 0 Å². The second-order valence-corrected chi connectivity index (χ2v) is 5.39. The van der Waals surface area contributed by atoms with E-state index in [1.165, 1.54) is 0 Å². The van der Waals surface area contributed by atoms with Gasteiger partial charge in [0.2, 0.25) is 0 Å². The first-order chi connectivity index (χ1) is 8.20. The minimum Gasteiger partial charge on any atom is -0.338 e. The fraction of sp³-hybridized carbons (Fsp3) is 0.462. The largest absolute Gasteiger partial charge is 0.338 e. The van der Waals surface area contributed by atoms with Gasteiger partial charge in [0.15, 0.2) is 0 Å². The highest BCUT2D eigenvalue weighted by molar-refractivity contribution is 9.10. The highest BCUT2D eigenvalue weighted by Crippen LogP contribution is 2.19. The maximum atomic E-state index is 12.2. The van der Waals surface area contributed by atoms with Gasteiger partial charge in [-0.25, -0.2) is 0 Å². The summed E-state index contributed by atoms with van der Waals surface area (Å²) in [6.07, 6.45) is 1.10. The molecule has 1 unspecified atom stereocenters. The molecule has 0 aliphatic carbocycles. The Balaban J connectivity index is 0.00000162. The van der Waals surface area contributed by atoms with Gasteiger partial charge in [-0.15, -0.1) is 12.4 Å². The lowest BCUT2D eigenvalue weighted by molar-refractivity contribution is 0.0787. The Morgan fingerprint density at radius 3 is 3.00 bits per heavy atom. The molecule has 1 aromatic rings. The molecule has 1 N–H and O–H groups in total. The Labute approximate surface area is 122 Å². The van der Waals surface area contributed by atoms with Crippen LogP contribution in [0.15, 0.2) is 28.7 Å². The van der Waals surface area contributed by atoms with E-state index in [9.17, 15) is 4.79 Å². The number of nitrogens with zero attached hydrogens (tertiary/aromatic N) is 1. The smallest absolute Gasteiger partial charge is 0.253 e. The third-order valence-electron chi connectivity index (χ3n) is 3.14. The van der Waals surface area contributed by atoms with E-state index in [1.807, 2.05) is 36.2 Å². The molecule has 1 aliphatic heterocycles. The van der Waals surface area contributed by atoms with E-state index in [-0.39, 0.29) is 18.3 Å². The van der Waals surface area contributed by atoms with Crippen molar-refractivity contribution < 1.29 is 4.79 Å². The van der Waals surface area contributed by atoms with Crippen LogP contribution >= 0.6 is 28.3 Å². The van der Waals surface area contributed by atoms with E-state index in [0.29, 0.717) is 5.92 Å². The summed E-state index contributed by atoms with van der Waals surface area (Å²) in [7, 11) is 1.96. The summed E-state index contributed by atoms with van der Waals surface area (Å²) < 4.78 is 0.953. The van der Waals surface area contributed by atoms with Crippen LogP contribution in [0.25, 0.3) is 0 Å². The van der Waals surface area contributed by atoms with Crippen LogP contribution in [0.3, 0.4) is 0 Å². The van der Waals surface area contributed by atoms with Crippen molar-refractivity contribution in [3.63, 3.8) is 0 Å². The molecule has 1 aliphatic rings. The number of rotatable bonds is 3. The normalized spacial score (nSPS) is 18.6. The van der Waals surface area contributed by atoms with Gasteiger partial charge in [0, 0.05) is 23.1 Å². The number of hydrogen-bond donors (Lipinski definition) is 1. The van der Waals surface area contributed by atoms with Crippen LogP contribution in [-0.2, 0) is 0 Å². The highest BCUT2D eigenvalue weighted by atomic mass is 79.9. The molecular weight excluding hydrogens is 316 g/mol. The quantitative estimate of drug-likeness (QED) is 0.922. The summed E-state index contributed by atoms with van der Waals surface area (Å²) in [5.74, 6) is 0.737. The Hall–Kier alpha value is -0.580. The molecule has 0 radical (unpaired) electrons. The molecule has 1 heterocycles. The van der Waals surface area contributed by atoms with Crippen molar-refractivity contribution in [3.8, 4) is 0 Å². The first kappa shape index (κ1) is 15.5. The second-order valence-electron chi connectivity index (χ2n) is 4.47. The maximum absolute atomic E-state index is 12.2. The van der Waals surface area contributed by atoms with Crippen molar-refractivity contribution in [1.29, 1.82) is 0 Å². The van der Waals surface area contributed by atoms with Crippen molar-refractivity contribution in [2.45, 2.75) is 6.42 Å². The van der Waals surface area contributed by atoms with Crippen molar-refractivity contribution >= 4 is 34.2 Å². The van der Waals surface area contributed by atoms with Gasteiger partial charge >= 0.3 is 0 Å². The molecule has 0 aromatic heterocycles. The van der Waals surface area contributed by atoms with E-state index in [2.05, 4.69) is 21.2 Å². The van der Waals surface area contributed by atoms with Gasteiger partial charge in [-0.05, 0) is 44.1 Å². The van der Waals surface area contributed by atoms with Gasteiger partial charge in [0.05, 0.1) is 0 Å². The van der Waals surface area contributed by atoms with Gasteiger partial charge in [0.1, 0.15) is 0 Å².